The van der Waals surface area contributed by atoms with E-state index < -0.39 is 205 Å². The van der Waals surface area contributed by atoms with Gasteiger partial charge >= 0.3 is 17.9 Å². The average molecular weight is 1150 g/mol. The van der Waals surface area contributed by atoms with Crippen molar-refractivity contribution in [2.45, 2.75) is 224 Å². The molecule has 5 aliphatic carbocycles. The Hall–Kier alpha value is -2.83. The molecule has 0 bridgehead atoms. The minimum atomic E-state index is -2.17. The van der Waals surface area contributed by atoms with Crippen LogP contribution in [0.2, 0.25) is 0 Å². The number of hydrogen-bond acceptors (Lipinski definition) is 23. The summed E-state index contributed by atoms with van der Waals surface area (Å²) in [6.07, 6.45) is -27.1. The Kier molecular flexibility index (Phi) is 18.1. The number of carbonyl (C=O) groups is 3. The molecule has 13 N–H and O–H groups in total. The topological polar surface area (TPSA) is 388 Å². The summed E-state index contributed by atoms with van der Waals surface area (Å²) in [5.74, 6) is -4.97. The van der Waals surface area contributed by atoms with Crippen molar-refractivity contribution in [3.8, 4) is 0 Å². The van der Waals surface area contributed by atoms with E-state index in [-0.39, 0.29) is 24.7 Å². The van der Waals surface area contributed by atoms with E-state index in [2.05, 4.69) is 19.9 Å². The minimum absolute atomic E-state index is 0.169. The molecule has 3 aliphatic heterocycles. The molecule has 0 unspecified atom stereocenters. The summed E-state index contributed by atoms with van der Waals surface area (Å²) in [7, 11) is 0. The fourth-order valence-electron chi connectivity index (χ4n) is 16.2. The standard InChI is InChI=1S/C56H88O24/c1-11-24(4)47(72)79-43-44(80-46(71)23(2)3)56(22-60)26(18-51(43,5)6)25-12-13-30-52(7)16-15-31(53(8,21-59)29(52)14-17-54(30,9)55(25,10)41(67)42(56)68)75-50-40(78-49-36(65)34(63)32(61)27(19-57)73-49)38(37(66)39(77-50)45(69)70)76-48-35(64)33(62)28(20-58)74-48/h11-12,23,26-44,48-50,57-68H,13-22H2,1-10H3,(H,69,70)/b24-11-/t26-,27+,28-,29+,30+,31-,32+,33-,34-,35+,36+,37-,38-,39-,40+,41-,42+,43-,44-,48-,49-,50+,52-,53+,54+,55-,56-/m0/s1. The van der Waals surface area contributed by atoms with Crippen molar-refractivity contribution >= 4 is 17.9 Å². The number of aliphatic hydroxyl groups excluding tert-OH is 12. The van der Waals surface area contributed by atoms with Crippen LogP contribution in [0.15, 0.2) is 23.3 Å². The molecule has 0 aromatic carbocycles. The maximum atomic E-state index is 13.7. The van der Waals surface area contributed by atoms with Crippen LogP contribution in [0.25, 0.3) is 0 Å². The summed E-state index contributed by atoms with van der Waals surface area (Å²) < 4.78 is 48.8. The molecule has 3 heterocycles. The van der Waals surface area contributed by atoms with Crippen molar-refractivity contribution in [2.24, 2.45) is 56.2 Å². The van der Waals surface area contributed by atoms with Gasteiger partial charge < -0.3 is 104 Å². The lowest BCUT2D eigenvalue weighted by Crippen LogP contribution is -2.76. The highest BCUT2D eigenvalue weighted by atomic mass is 16.8. The van der Waals surface area contributed by atoms with E-state index in [0.29, 0.717) is 31.3 Å². The van der Waals surface area contributed by atoms with Gasteiger partial charge in [-0.1, -0.05) is 73.1 Å². The third-order valence-corrected chi connectivity index (χ3v) is 21.2. The lowest BCUT2D eigenvalue weighted by Gasteiger charge is -2.73. The maximum absolute atomic E-state index is 13.7. The van der Waals surface area contributed by atoms with Crippen molar-refractivity contribution in [3.63, 3.8) is 0 Å². The minimum Gasteiger partial charge on any atom is -0.479 e. The smallest absolute Gasteiger partial charge is 0.335 e. The number of carbonyl (C=O) groups excluding carboxylic acids is 2. The van der Waals surface area contributed by atoms with Crippen LogP contribution in [-0.4, -0.2) is 227 Å². The number of aliphatic carboxylic acids is 1. The second-order valence-electron chi connectivity index (χ2n) is 26.1. The Morgan fingerprint density at radius 3 is 1.82 bits per heavy atom. The van der Waals surface area contributed by atoms with E-state index in [4.69, 9.17) is 37.9 Å². The molecule has 456 valence electrons. The van der Waals surface area contributed by atoms with Gasteiger partial charge in [-0.05, 0) is 81.0 Å². The SMILES string of the molecule is C/C=C(/C)C(=O)O[C@H]1[C@H](OC(=O)C(C)C)[C@]2(CO)[C@H](O)[C@H](O)[C@]3(C)C(=CC[C@@H]4[C@@]5(C)CC[C@H](O[C@@H]6O[C@H](C(=O)O)[C@@H](O)[C@H](O[C@@H]7O[C@@H](CO)[C@H](O)[C@H]7O)[C@H]6O[C@@H]6O[C@H](CO)[C@@H](O)[C@H](O)[C@H]6O)[C@](C)(CO)[C@@H]5CC[C@]43C)[C@@H]2CC1(C)C. The van der Waals surface area contributed by atoms with Gasteiger partial charge in [-0.25, -0.2) is 9.59 Å². The number of ether oxygens (including phenoxy) is 8. The van der Waals surface area contributed by atoms with Gasteiger partial charge in [0.05, 0.1) is 56.1 Å². The maximum Gasteiger partial charge on any atom is 0.335 e. The number of carboxylic acids is 1. The van der Waals surface area contributed by atoms with Crippen LogP contribution in [0.1, 0.15) is 108 Å². The van der Waals surface area contributed by atoms with Gasteiger partial charge in [-0.15, -0.1) is 0 Å². The van der Waals surface area contributed by atoms with Crippen LogP contribution in [0, 0.1) is 56.2 Å². The van der Waals surface area contributed by atoms with E-state index in [1.54, 1.807) is 33.8 Å². The first kappa shape index (κ1) is 63.2. The first-order chi connectivity index (χ1) is 37.4. The largest absolute Gasteiger partial charge is 0.479 e. The van der Waals surface area contributed by atoms with Crippen LogP contribution >= 0.6 is 0 Å². The van der Waals surface area contributed by atoms with Gasteiger partial charge in [0.25, 0.3) is 0 Å². The number of hydrogen-bond donors (Lipinski definition) is 13. The Bertz CT molecular complexity index is 2330. The molecule has 8 aliphatic rings. The van der Waals surface area contributed by atoms with Crippen LogP contribution in [0.4, 0.5) is 0 Å². The molecule has 4 saturated carbocycles. The van der Waals surface area contributed by atoms with E-state index >= 15 is 0 Å². The lowest BCUT2D eigenvalue weighted by atomic mass is 9.32. The highest BCUT2D eigenvalue weighted by Crippen LogP contribution is 2.76. The van der Waals surface area contributed by atoms with Gasteiger partial charge in [-0.2, -0.15) is 0 Å². The number of esters is 2. The third-order valence-electron chi connectivity index (χ3n) is 21.2. The van der Waals surface area contributed by atoms with Crippen molar-refractivity contribution in [1.82, 2.24) is 0 Å². The molecule has 24 heteroatoms. The first-order valence-corrected chi connectivity index (χ1v) is 28.1. The van der Waals surface area contributed by atoms with Crippen molar-refractivity contribution in [1.29, 1.82) is 0 Å². The van der Waals surface area contributed by atoms with Gasteiger partial charge in [-0.3, -0.25) is 4.79 Å². The molecule has 3 saturated heterocycles. The lowest BCUT2D eigenvalue weighted by molar-refractivity contribution is -0.387. The zero-order chi connectivity index (χ0) is 59.3. The number of rotatable bonds is 15. The summed E-state index contributed by atoms with van der Waals surface area (Å²) in [6.45, 7) is 15.5. The molecular weight excluding hydrogens is 1060 g/mol. The normalized spacial score (nSPS) is 50.1. The summed E-state index contributed by atoms with van der Waals surface area (Å²) in [5.41, 5.74) is -5.39. The summed E-state index contributed by atoms with van der Waals surface area (Å²) in [5, 5.41) is 146. The van der Waals surface area contributed by atoms with E-state index in [1.807, 2.05) is 27.7 Å². The average Bonchev–Trinajstić information content (AvgIpc) is 2.22. The zero-order valence-electron chi connectivity index (χ0n) is 47.3. The summed E-state index contributed by atoms with van der Waals surface area (Å²) in [4.78, 5) is 40.1. The van der Waals surface area contributed by atoms with Crippen molar-refractivity contribution < 1.29 is 119 Å². The predicted molar refractivity (Wildman–Crippen MR) is 274 cm³/mol. The van der Waals surface area contributed by atoms with Gasteiger partial charge in [0.1, 0.15) is 67.1 Å². The van der Waals surface area contributed by atoms with Gasteiger partial charge in [0.15, 0.2) is 31.1 Å². The quantitative estimate of drug-likeness (QED) is 0.0402. The molecule has 8 rings (SSSR count). The van der Waals surface area contributed by atoms with E-state index in [0.717, 1.165) is 5.57 Å². The molecule has 0 spiro atoms. The molecular formula is C56H88O24. The summed E-state index contributed by atoms with van der Waals surface area (Å²) >= 11 is 0. The summed E-state index contributed by atoms with van der Waals surface area (Å²) in [6, 6.07) is 0. The molecule has 80 heavy (non-hydrogen) atoms. The molecule has 0 radical (unpaired) electrons. The number of carboxylic acid groups (broad SMARTS) is 1. The molecule has 27 atom stereocenters. The Morgan fingerprint density at radius 1 is 0.688 bits per heavy atom. The molecule has 0 aromatic heterocycles. The Labute approximate surface area is 465 Å². The fraction of sp³-hybridized carbons (Fsp3) is 0.875. The van der Waals surface area contributed by atoms with Crippen LogP contribution in [0.3, 0.4) is 0 Å². The third kappa shape index (κ3) is 9.73. The van der Waals surface area contributed by atoms with Gasteiger partial charge in [0.2, 0.25) is 0 Å². The number of aliphatic hydroxyl groups is 12. The Balaban J connectivity index is 1.15. The molecule has 7 fully saturated rings. The van der Waals surface area contributed by atoms with Crippen LogP contribution in [-0.2, 0) is 52.3 Å². The fourth-order valence-corrected chi connectivity index (χ4v) is 16.2. The molecule has 0 aromatic rings. The molecule has 24 nitrogen and oxygen atoms in total. The van der Waals surface area contributed by atoms with Crippen molar-refractivity contribution in [3.05, 3.63) is 23.3 Å². The van der Waals surface area contributed by atoms with Gasteiger partial charge in [0, 0.05) is 21.8 Å². The van der Waals surface area contributed by atoms with E-state index in [9.17, 15) is 80.8 Å². The second kappa shape index (κ2) is 22.9. The highest BCUT2D eigenvalue weighted by Gasteiger charge is 2.77. The van der Waals surface area contributed by atoms with Crippen LogP contribution < -0.4 is 0 Å². The second-order valence-corrected chi connectivity index (χ2v) is 26.1. The number of fused-ring (bicyclic) bond motifs is 7. The number of allylic oxidation sites excluding steroid dienone is 2. The predicted octanol–water partition coefficient (Wildman–Crippen LogP) is -1.08. The monoisotopic (exact) mass is 1140 g/mol. The molecule has 0 amide bonds. The highest BCUT2D eigenvalue weighted by molar-refractivity contribution is 5.87. The van der Waals surface area contributed by atoms with E-state index in [1.165, 1.54) is 0 Å². The zero-order valence-corrected chi connectivity index (χ0v) is 47.3. The van der Waals surface area contributed by atoms with Crippen LogP contribution in [0.5, 0.6) is 0 Å². The first-order valence-electron chi connectivity index (χ1n) is 28.1. The van der Waals surface area contributed by atoms with Crippen molar-refractivity contribution in [2.75, 3.05) is 26.4 Å². The Morgan fingerprint density at radius 2 is 1.27 bits per heavy atom.